The van der Waals surface area contributed by atoms with Gasteiger partial charge in [0.05, 0.1) is 4.90 Å². The first-order chi connectivity index (χ1) is 11.7. The van der Waals surface area contributed by atoms with Gasteiger partial charge >= 0.3 is 5.97 Å². The Hall–Kier alpha value is -1.93. The first-order valence-electron chi connectivity index (χ1n) is 8.30. The number of amides is 1. The van der Waals surface area contributed by atoms with Gasteiger partial charge in [-0.3, -0.25) is 4.79 Å². The Kier molecular flexibility index (Phi) is 5.84. The number of rotatable bonds is 5. The van der Waals surface area contributed by atoms with Gasteiger partial charge in [-0.25, -0.2) is 13.2 Å². The van der Waals surface area contributed by atoms with Crippen LogP contribution in [0, 0.1) is 5.92 Å². The molecule has 1 heterocycles. The van der Waals surface area contributed by atoms with Gasteiger partial charge in [0, 0.05) is 25.0 Å². The van der Waals surface area contributed by atoms with Crippen molar-refractivity contribution in [1.82, 2.24) is 9.21 Å². The van der Waals surface area contributed by atoms with Crippen molar-refractivity contribution in [3.63, 3.8) is 0 Å². The van der Waals surface area contributed by atoms with Gasteiger partial charge in [-0.2, -0.15) is 4.31 Å². The zero-order valence-corrected chi connectivity index (χ0v) is 15.4. The molecule has 0 radical (unpaired) electrons. The van der Waals surface area contributed by atoms with E-state index in [0.29, 0.717) is 6.42 Å². The summed E-state index contributed by atoms with van der Waals surface area (Å²) in [5.74, 6) is -1.82. The Morgan fingerprint density at radius 2 is 1.80 bits per heavy atom. The molecule has 8 heteroatoms. The van der Waals surface area contributed by atoms with Gasteiger partial charge in [-0.05, 0) is 18.6 Å². The number of carbonyl (C=O) groups is 2. The molecule has 1 aliphatic rings. The average Bonchev–Trinajstić information content (AvgIpc) is 2.60. The molecule has 0 aromatic heterocycles. The van der Waals surface area contributed by atoms with E-state index in [1.807, 2.05) is 6.92 Å². The van der Waals surface area contributed by atoms with Crippen LogP contribution in [0.1, 0.15) is 27.2 Å². The number of carbonyl (C=O) groups excluding carboxylic acids is 1. The fraction of sp³-hybridized carbons (Fsp3) is 0.529. The number of hydrogen-bond acceptors (Lipinski definition) is 4. The predicted octanol–water partition coefficient (Wildman–Crippen LogP) is 1.41. The van der Waals surface area contributed by atoms with Crippen molar-refractivity contribution in [2.75, 3.05) is 13.1 Å². The van der Waals surface area contributed by atoms with Gasteiger partial charge < -0.3 is 10.0 Å². The van der Waals surface area contributed by atoms with E-state index in [1.54, 1.807) is 32.0 Å². The summed E-state index contributed by atoms with van der Waals surface area (Å²) in [6.45, 7) is 5.09. The molecule has 2 atom stereocenters. The molecule has 1 aliphatic heterocycles. The van der Waals surface area contributed by atoms with E-state index >= 15 is 0 Å². The molecule has 7 nitrogen and oxygen atoms in total. The Balaban J connectivity index is 2.40. The summed E-state index contributed by atoms with van der Waals surface area (Å²) in [6.07, 6.45) is 0.475. The number of carboxylic acids is 1. The first kappa shape index (κ1) is 19.4. The highest BCUT2D eigenvalue weighted by molar-refractivity contribution is 7.89. The highest BCUT2D eigenvalue weighted by atomic mass is 32.2. The van der Waals surface area contributed by atoms with Crippen LogP contribution in [-0.4, -0.2) is 59.8 Å². The highest BCUT2D eigenvalue weighted by Crippen LogP contribution is 2.26. The van der Waals surface area contributed by atoms with E-state index in [2.05, 4.69) is 0 Å². The van der Waals surface area contributed by atoms with Gasteiger partial charge in [0.1, 0.15) is 6.04 Å². The summed E-state index contributed by atoms with van der Waals surface area (Å²) in [6, 6.07) is 6.27. The number of carboxylic acid groups (broad SMARTS) is 1. The van der Waals surface area contributed by atoms with Crippen molar-refractivity contribution in [2.45, 2.75) is 44.2 Å². The summed E-state index contributed by atoms with van der Waals surface area (Å²) in [4.78, 5) is 25.7. The SMILES string of the molecule is CCC1CN(S(=O)(=O)c2ccccc2)CC(C(=O)O)N1C(=O)C(C)C. The summed E-state index contributed by atoms with van der Waals surface area (Å²) in [5, 5.41) is 9.59. The molecule has 138 valence electrons. The lowest BCUT2D eigenvalue weighted by Crippen LogP contribution is -2.64. The molecule has 2 rings (SSSR count). The van der Waals surface area contributed by atoms with Gasteiger partial charge in [0.15, 0.2) is 0 Å². The lowest BCUT2D eigenvalue weighted by atomic mass is 10.0. The van der Waals surface area contributed by atoms with Crippen molar-refractivity contribution in [3.05, 3.63) is 30.3 Å². The number of piperazine rings is 1. The minimum absolute atomic E-state index is 0.0932. The second-order valence-electron chi connectivity index (χ2n) is 6.45. The third kappa shape index (κ3) is 3.85. The molecule has 0 aliphatic carbocycles. The number of sulfonamides is 1. The Morgan fingerprint density at radius 1 is 1.20 bits per heavy atom. The normalized spacial score (nSPS) is 22.2. The van der Waals surface area contributed by atoms with Crippen LogP contribution in [0.2, 0.25) is 0 Å². The van der Waals surface area contributed by atoms with Crippen molar-refractivity contribution < 1.29 is 23.1 Å². The molecule has 1 aromatic carbocycles. The molecule has 1 fully saturated rings. The molecule has 1 amide bonds. The number of benzene rings is 1. The van der Waals surface area contributed by atoms with E-state index in [0.717, 1.165) is 0 Å². The fourth-order valence-corrected chi connectivity index (χ4v) is 4.53. The maximum absolute atomic E-state index is 12.9. The first-order valence-corrected chi connectivity index (χ1v) is 9.74. The molecule has 1 aromatic rings. The van der Waals surface area contributed by atoms with Crippen molar-refractivity contribution in [1.29, 1.82) is 0 Å². The summed E-state index contributed by atoms with van der Waals surface area (Å²) in [7, 11) is -3.81. The number of aliphatic carboxylic acids is 1. The van der Waals surface area contributed by atoms with Crippen LogP contribution in [0.15, 0.2) is 35.2 Å². The lowest BCUT2D eigenvalue weighted by Gasteiger charge is -2.45. The number of hydrogen-bond donors (Lipinski definition) is 1. The maximum atomic E-state index is 12.9. The smallest absolute Gasteiger partial charge is 0.327 e. The van der Waals surface area contributed by atoms with Crippen molar-refractivity contribution in [2.24, 2.45) is 5.92 Å². The molecule has 0 spiro atoms. The minimum atomic E-state index is -3.81. The Morgan fingerprint density at radius 3 is 2.28 bits per heavy atom. The average molecular weight is 368 g/mol. The van der Waals surface area contributed by atoms with Crippen LogP contribution in [0.3, 0.4) is 0 Å². The Bertz CT molecular complexity index is 733. The zero-order valence-electron chi connectivity index (χ0n) is 14.6. The van der Waals surface area contributed by atoms with Gasteiger partial charge in [0.2, 0.25) is 15.9 Å². The van der Waals surface area contributed by atoms with Crippen LogP contribution >= 0.6 is 0 Å². The topological polar surface area (TPSA) is 95.0 Å². The van der Waals surface area contributed by atoms with E-state index in [9.17, 15) is 23.1 Å². The summed E-state index contributed by atoms with van der Waals surface area (Å²) in [5.41, 5.74) is 0. The van der Waals surface area contributed by atoms with E-state index in [4.69, 9.17) is 0 Å². The largest absolute Gasteiger partial charge is 0.480 e. The van der Waals surface area contributed by atoms with Gasteiger partial charge in [-0.1, -0.05) is 39.0 Å². The third-order valence-corrected chi connectivity index (χ3v) is 6.25. The van der Waals surface area contributed by atoms with Gasteiger partial charge in [-0.15, -0.1) is 0 Å². The minimum Gasteiger partial charge on any atom is -0.480 e. The molecular formula is C17H24N2O5S. The van der Waals surface area contributed by atoms with Crippen LogP contribution in [0.5, 0.6) is 0 Å². The monoisotopic (exact) mass is 368 g/mol. The quantitative estimate of drug-likeness (QED) is 0.848. The van der Waals surface area contributed by atoms with Crippen LogP contribution in [0.4, 0.5) is 0 Å². The van der Waals surface area contributed by atoms with Crippen LogP contribution in [-0.2, 0) is 19.6 Å². The molecule has 0 bridgehead atoms. The lowest BCUT2D eigenvalue weighted by molar-refractivity contribution is -0.157. The standard InChI is InChI=1S/C17H24N2O5S/c1-4-13-10-18(25(23,24)14-8-6-5-7-9-14)11-15(17(21)22)19(13)16(20)12(2)3/h5-9,12-13,15H,4,10-11H2,1-3H3,(H,21,22). The molecule has 0 saturated carbocycles. The second kappa shape index (κ2) is 7.53. The van der Waals surface area contributed by atoms with E-state index in [-0.39, 0.29) is 29.8 Å². The molecule has 2 unspecified atom stereocenters. The zero-order chi connectivity index (χ0) is 18.8. The highest BCUT2D eigenvalue weighted by Gasteiger charge is 2.44. The molecular weight excluding hydrogens is 344 g/mol. The molecule has 1 saturated heterocycles. The van der Waals surface area contributed by atoms with Crippen LogP contribution in [0.25, 0.3) is 0 Å². The van der Waals surface area contributed by atoms with E-state index in [1.165, 1.54) is 21.3 Å². The fourth-order valence-electron chi connectivity index (χ4n) is 3.03. The third-order valence-electron chi connectivity index (χ3n) is 4.41. The molecule has 25 heavy (non-hydrogen) atoms. The second-order valence-corrected chi connectivity index (χ2v) is 8.39. The summed E-state index contributed by atoms with van der Waals surface area (Å²) < 4.78 is 26.9. The number of nitrogens with zero attached hydrogens (tertiary/aromatic N) is 2. The van der Waals surface area contributed by atoms with E-state index < -0.39 is 28.1 Å². The maximum Gasteiger partial charge on any atom is 0.327 e. The predicted molar refractivity (Wildman–Crippen MR) is 92.4 cm³/mol. The Labute approximate surface area is 148 Å². The molecule has 1 N–H and O–H groups in total. The summed E-state index contributed by atoms with van der Waals surface area (Å²) >= 11 is 0. The van der Waals surface area contributed by atoms with Gasteiger partial charge in [0.25, 0.3) is 0 Å². The van der Waals surface area contributed by atoms with Crippen molar-refractivity contribution in [3.8, 4) is 0 Å². The van der Waals surface area contributed by atoms with Crippen LogP contribution < -0.4 is 0 Å². The van der Waals surface area contributed by atoms with Crippen molar-refractivity contribution >= 4 is 21.9 Å².